The van der Waals surface area contributed by atoms with Crippen LogP contribution in [0.4, 0.5) is 0 Å². The van der Waals surface area contributed by atoms with Crippen LogP contribution < -0.4 is 14.9 Å². The molecule has 0 radical (unpaired) electrons. The minimum Gasteiger partial charge on any atom is -0.502 e. The van der Waals surface area contributed by atoms with Crippen LogP contribution in [-0.4, -0.2) is 31.4 Å². The fourth-order valence-corrected chi connectivity index (χ4v) is 3.33. The van der Waals surface area contributed by atoms with E-state index in [2.05, 4.69) is 55.6 Å². The quantitative estimate of drug-likeness (QED) is 0.572. The van der Waals surface area contributed by atoms with E-state index in [0.29, 0.717) is 5.56 Å². The summed E-state index contributed by atoms with van der Waals surface area (Å²) in [5.74, 6) is 0.569. The molecule has 154 valence electrons. The predicted molar refractivity (Wildman–Crippen MR) is 113 cm³/mol. The third-order valence-electron chi connectivity index (χ3n) is 5.22. The maximum Gasteiger partial charge on any atom is 0.243 e. The summed E-state index contributed by atoms with van der Waals surface area (Å²) < 4.78 is 10.2. The van der Waals surface area contributed by atoms with Crippen molar-refractivity contribution in [2.45, 2.75) is 38.5 Å². The number of methoxy groups -OCH3 is 2. The number of nitrogens with one attached hydrogen (secondary N) is 1. The molecule has 2 aromatic rings. The summed E-state index contributed by atoms with van der Waals surface area (Å²) in [5.41, 5.74) is 5.84. The van der Waals surface area contributed by atoms with Crippen molar-refractivity contribution in [3.8, 4) is 17.2 Å². The zero-order chi connectivity index (χ0) is 21.2. The summed E-state index contributed by atoms with van der Waals surface area (Å²) in [4.78, 5) is 12.4. The molecule has 0 spiro atoms. The molecular formula is C23H28N2O4. The van der Waals surface area contributed by atoms with Gasteiger partial charge in [0.15, 0.2) is 11.5 Å². The second-order valence-electron chi connectivity index (χ2n) is 8.33. The Bertz CT molecular complexity index is 888. The van der Waals surface area contributed by atoms with Crippen molar-refractivity contribution in [1.29, 1.82) is 0 Å². The van der Waals surface area contributed by atoms with Crippen LogP contribution in [0, 0.1) is 5.92 Å². The largest absolute Gasteiger partial charge is 0.502 e. The lowest BCUT2D eigenvalue weighted by molar-refractivity contribution is -0.122. The molecule has 1 aliphatic rings. The van der Waals surface area contributed by atoms with Gasteiger partial charge in [0.05, 0.1) is 20.4 Å². The maximum atomic E-state index is 12.4. The number of hydrogen-bond acceptors (Lipinski definition) is 5. The zero-order valence-electron chi connectivity index (χ0n) is 17.5. The lowest BCUT2D eigenvalue weighted by Crippen LogP contribution is -2.20. The van der Waals surface area contributed by atoms with Crippen molar-refractivity contribution in [3.63, 3.8) is 0 Å². The highest BCUT2D eigenvalue weighted by Gasteiger charge is 2.44. The number of phenolic OH excluding ortho intramolecular Hbond substituents is 1. The van der Waals surface area contributed by atoms with Crippen molar-refractivity contribution < 1.29 is 19.4 Å². The minimum absolute atomic E-state index is 0.0588. The van der Waals surface area contributed by atoms with Crippen LogP contribution in [0.2, 0.25) is 0 Å². The number of hydrogen-bond donors (Lipinski definition) is 2. The highest BCUT2D eigenvalue weighted by molar-refractivity contribution is 5.86. The van der Waals surface area contributed by atoms with Gasteiger partial charge in [-0.1, -0.05) is 45.0 Å². The number of carbonyl (C=O) groups is 1. The van der Waals surface area contributed by atoms with Crippen LogP contribution in [0.5, 0.6) is 17.2 Å². The molecule has 6 heteroatoms. The van der Waals surface area contributed by atoms with Crippen LogP contribution in [-0.2, 0) is 10.2 Å². The molecule has 1 amide bonds. The molecular weight excluding hydrogens is 368 g/mol. The maximum absolute atomic E-state index is 12.4. The van der Waals surface area contributed by atoms with E-state index in [1.807, 2.05) is 0 Å². The Labute approximate surface area is 171 Å². The molecule has 6 nitrogen and oxygen atoms in total. The third-order valence-corrected chi connectivity index (χ3v) is 5.22. The van der Waals surface area contributed by atoms with Crippen LogP contribution in [0.25, 0.3) is 0 Å². The molecule has 2 N–H and O–H groups in total. The van der Waals surface area contributed by atoms with Crippen molar-refractivity contribution in [2.24, 2.45) is 11.0 Å². The molecule has 0 unspecified atom stereocenters. The molecule has 2 atom stereocenters. The number of nitrogens with zero attached hydrogens (tertiary/aromatic N) is 1. The summed E-state index contributed by atoms with van der Waals surface area (Å²) in [6.45, 7) is 6.56. The van der Waals surface area contributed by atoms with E-state index in [9.17, 15) is 9.90 Å². The molecule has 0 aliphatic heterocycles. The van der Waals surface area contributed by atoms with Crippen LogP contribution in [0.3, 0.4) is 0 Å². The molecule has 0 heterocycles. The summed E-state index contributed by atoms with van der Waals surface area (Å²) in [7, 11) is 2.91. The van der Waals surface area contributed by atoms with Crippen LogP contribution >= 0.6 is 0 Å². The second kappa shape index (κ2) is 8.15. The van der Waals surface area contributed by atoms with E-state index in [1.54, 1.807) is 12.1 Å². The number of hydrazone groups is 1. The van der Waals surface area contributed by atoms with E-state index < -0.39 is 0 Å². The standard InChI is InChI=1S/C23H28N2O4/c1-23(2,3)16-8-6-15(7-9-16)17-12-18(17)22(27)25-24-13-14-10-19(28-4)21(26)20(11-14)29-5/h6-11,13,17-18,26H,12H2,1-5H3,(H,25,27)/b24-13+/t17-,18-/m1/s1. The number of ether oxygens (including phenoxy) is 2. The first-order valence-electron chi connectivity index (χ1n) is 9.63. The Morgan fingerprint density at radius 3 is 2.24 bits per heavy atom. The molecule has 0 bridgehead atoms. The van der Waals surface area contributed by atoms with Gasteiger partial charge in [0.2, 0.25) is 11.7 Å². The number of phenols is 1. The topological polar surface area (TPSA) is 80.2 Å². The first-order valence-corrected chi connectivity index (χ1v) is 9.63. The second-order valence-corrected chi connectivity index (χ2v) is 8.33. The van der Waals surface area contributed by atoms with Gasteiger partial charge in [-0.15, -0.1) is 0 Å². The molecule has 1 saturated carbocycles. The lowest BCUT2D eigenvalue weighted by atomic mass is 9.86. The average molecular weight is 396 g/mol. The molecule has 29 heavy (non-hydrogen) atoms. The molecule has 1 fully saturated rings. The van der Waals surface area contributed by atoms with Crippen molar-refractivity contribution in [1.82, 2.24) is 5.43 Å². The normalized spacial score (nSPS) is 18.5. The SMILES string of the molecule is COc1cc(/C=N/NC(=O)[C@@H]2C[C@@H]2c2ccc(C(C)(C)C)cc2)cc(OC)c1O. The highest BCUT2D eigenvalue weighted by Crippen LogP contribution is 2.47. The van der Waals surface area contributed by atoms with Crippen molar-refractivity contribution in [3.05, 3.63) is 53.1 Å². The Morgan fingerprint density at radius 2 is 1.72 bits per heavy atom. The molecule has 0 aromatic heterocycles. The summed E-state index contributed by atoms with van der Waals surface area (Å²) in [6.07, 6.45) is 2.33. The Hall–Kier alpha value is -3.02. The van der Waals surface area contributed by atoms with Crippen molar-refractivity contribution in [2.75, 3.05) is 14.2 Å². The minimum atomic E-state index is -0.0937. The number of aromatic hydroxyl groups is 1. The lowest BCUT2D eigenvalue weighted by Gasteiger charge is -2.19. The van der Waals surface area contributed by atoms with E-state index in [-0.39, 0.29) is 40.4 Å². The van der Waals surface area contributed by atoms with E-state index in [0.717, 1.165) is 6.42 Å². The zero-order valence-corrected chi connectivity index (χ0v) is 17.5. The molecule has 3 rings (SSSR count). The van der Waals surface area contributed by atoms with Crippen molar-refractivity contribution >= 4 is 12.1 Å². The fraction of sp³-hybridized carbons (Fsp3) is 0.391. The monoisotopic (exact) mass is 396 g/mol. The molecule has 2 aromatic carbocycles. The number of carbonyl (C=O) groups excluding carboxylic acids is 1. The van der Waals surface area contributed by atoms with Gasteiger partial charge in [-0.2, -0.15) is 5.10 Å². The number of benzene rings is 2. The predicted octanol–water partition coefficient (Wildman–Crippen LogP) is 3.96. The summed E-state index contributed by atoms with van der Waals surface area (Å²) in [6, 6.07) is 11.8. The third kappa shape index (κ3) is 4.70. The van der Waals surface area contributed by atoms with Gasteiger partial charge < -0.3 is 14.6 Å². The van der Waals surface area contributed by atoms with E-state index >= 15 is 0 Å². The average Bonchev–Trinajstić information content (AvgIpc) is 3.49. The van der Waals surface area contributed by atoms with Gasteiger partial charge in [0, 0.05) is 11.5 Å². The van der Waals surface area contributed by atoms with Gasteiger partial charge in [-0.3, -0.25) is 4.79 Å². The van der Waals surface area contributed by atoms with Gasteiger partial charge >= 0.3 is 0 Å². The first kappa shape index (κ1) is 20.7. The smallest absolute Gasteiger partial charge is 0.243 e. The summed E-state index contributed by atoms with van der Waals surface area (Å²) >= 11 is 0. The van der Waals surface area contributed by atoms with Gasteiger partial charge in [0.1, 0.15) is 0 Å². The fourth-order valence-electron chi connectivity index (χ4n) is 3.33. The van der Waals surface area contributed by atoms with Gasteiger partial charge in [-0.25, -0.2) is 5.43 Å². The Balaban J connectivity index is 1.60. The van der Waals surface area contributed by atoms with E-state index in [1.165, 1.54) is 31.6 Å². The first-order chi connectivity index (χ1) is 13.7. The Kier molecular flexibility index (Phi) is 5.82. The highest BCUT2D eigenvalue weighted by atomic mass is 16.5. The van der Waals surface area contributed by atoms with E-state index in [4.69, 9.17) is 9.47 Å². The summed E-state index contributed by atoms with van der Waals surface area (Å²) in [5, 5.41) is 14.0. The van der Waals surface area contributed by atoms with Crippen LogP contribution in [0.1, 0.15) is 49.8 Å². The van der Waals surface area contributed by atoms with Gasteiger partial charge in [-0.05, 0) is 41.0 Å². The van der Waals surface area contributed by atoms with Crippen LogP contribution in [0.15, 0.2) is 41.5 Å². The Morgan fingerprint density at radius 1 is 1.14 bits per heavy atom. The molecule has 0 saturated heterocycles. The molecule has 1 aliphatic carbocycles. The number of amides is 1. The van der Waals surface area contributed by atoms with Gasteiger partial charge in [0.25, 0.3) is 0 Å². The number of rotatable bonds is 6.